The van der Waals surface area contributed by atoms with Crippen molar-refractivity contribution in [3.8, 4) is 0 Å². The van der Waals surface area contributed by atoms with Crippen molar-refractivity contribution in [2.45, 2.75) is 19.4 Å². The zero-order chi connectivity index (χ0) is 24.3. The van der Waals surface area contributed by atoms with Crippen LogP contribution in [0.2, 0.25) is 0 Å². The number of nitrogens with one attached hydrogen (secondary N) is 3. The van der Waals surface area contributed by atoms with Crippen LogP contribution in [-0.2, 0) is 15.1 Å². The highest BCUT2D eigenvalue weighted by Gasteiger charge is 2.54. The predicted octanol–water partition coefficient (Wildman–Crippen LogP) is 3.45. The van der Waals surface area contributed by atoms with Gasteiger partial charge >= 0.3 is 12.1 Å². The van der Waals surface area contributed by atoms with Crippen LogP contribution in [0.1, 0.15) is 22.3 Å². The Labute approximate surface area is 197 Å². The number of benzene rings is 3. The molecule has 3 aromatic rings. The van der Waals surface area contributed by atoms with Crippen molar-refractivity contribution in [1.29, 1.82) is 0 Å². The standard InChI is InChI=1S/C26H24N4O4/c1-17-13-14-21(15-18(17)2)27-24(33)28-22(31)16-30-23(32)26(29-25(30)34,19-9-5-3-6-10-19)20-11-7-4-8-12-20/h3-15H,16H2,1-2H3,(H,29,34)(H2,27,28,31,33). The Kier molecular flexibility index (Phi) is 6.14. The topological polar surface area (TPSA) is 108 Å². The van der Waals surface area contributed by atoms with Crippen LogP contribution in [-0.4, -0.2) is 35.3 Å². The van der Waals surface area contributed by atoms with Gasteiger partial charge in [-0.2, -0.15) is 0 Å². The number of rotatable bonds is 5. The van der Waals surface area contributed by atoms with Gasteiger partial charge in [0.25, 0.3) is 5.91 Å². The number of anilines is 1. The molecule has 0 bridgehead atoms. The Morgan fingerprint density at radius 1 is 0.853 bits per heavy atom. The van der Waals surface area contributed by atoms with E-state index in [-0.39, 0.29) is 0 Å². The lowest BCUT2D eigenvalue weighted by atomic mass is 9.82. The van der Waals surface area contributed by atoms with Crippen molar-refractivity contribution < 1.29 is 19.2 Å². The summed E-state index contributed by atoms with van der Waals surface area (Å²) in [4.78, 5) is 52.1. The number of urea groups is 2. The molecule has 0 saturated carbocycles. The molecule has 3 aromatic carbocycles. The van der Waals surface area contributed by atoms with Gasteiger partial charge in [0.1, 0.15) is 6.54 Å². The number of hydrogen-bond acceptors (Lipinski definition) is 4. The summed E-state index contributed by atoms with van der Waals surface area (Å²) in [7, 11) is 0. The van der Waals surface area contributed by atoms with E-state index in [1.807, 2.05) is 32.0 Å². The second kappa shape index (κ2) is 9.19. The van der Waals surface area contributed by atoms with Gasteiger partial charge in [-0.3, -0.25) is 19.8 Å². The van der Waals surface area contributed by atoms with Gasteiger partial charge in [-0.15, -0.1) is 0 Å². The summed E-state index contributed by atoms with van der Waals surface area (Å²) >= 11 is 0. The van der Waals surface area contributed by atoms with Crippen LogP contribution in [0.5, 0.6) is 0 Å². The molecule has 34 heavy (non-hydrogen) atoms. The van der Waals surface area contributed by atoms with E-state index in [9.17, 15) is 19.2 Å². The first kappa shape index (κ1) is 22.7. The summed E-state index contributed by atoms with van der Waals surface area (Å²) in [6.07, 6.45) is 0. The molecule has 1 heterocycles. The normalized spacial score (nSPS) is 14.5. The first-order valence-corrected chi connectivity index (χ1v) is 10.7. The van der Waals surface area contributed by atoms with Crippen LogP contribution in [0, 0.1) is 13.8 Å². The van der Waals surface area contributed by atoms with Gasteiger partial charge in [-0.25, -0.2) is 9.59 Å². The molecule has 0 radical (unpaired) electrons. The van der Waals surface area contributed by atoms with E-state index in [4.69, 9.17) is 0 Å². The number of amides is 6. The van der Waals surface area contributed by atoms with E-state index < -0.39 is 36.0 Å². The number of carbonyl (C=O) groups is 4. The Morgan fingerprint density at radius 3 is 2.00 bits per heavy atom. The van der Waals surface area contributed by atoms with Gasteiger partial charge in [0.05, 0.1) is 0 Å². The molecule has 1 aliphatic rings. The van der Waals surface area contributed by atoms with Crippen LogP contribution >= 0.6 is 0 Å². The quantitative estimate of drug-likeness (QED) is 0.511. The molecule has 0 aromatic heterocycles. The number of hydrogen-bond donors (Lipinski definition) is 3. The number of imide groups is 2. The van der Waals surface area contributed by atoms with Crippen LogP contribution in [0.15, 0.2) is 78.9 Å². The molecule has 172 valence electrons. The third-order valence-corrected chi connectivity index (χ3v) is 5.84. The van der Waals surface area contributed by atoms with Gasteiger partial charge in [0.2, 0.25) is 5.91 Å². The second-order valence-corrected chi connectivity index (χ2v) is 8.10. The predicted molar refractivity (Wildman–Crippen MR) is 127 cm³/mol. The first-order chi connectivity index (χ1) is 16.3. The monoisotopic (exact) mass is 456 g/mol. The zero-order valence-electron chi connectivity index (χ0n) is 18.8. The Balaban J connectivity index is 1.52. The molecule has 0 atom stereocenters. The van der Waals surface area contributed by atoms with Crippen molar-refractivity contribution in [2.75, 3.05) is 11.9 Å². The second-order valence-electron chi connectivity index (χ2n) is 8.10. The van der Waals surface area contributed by atoms with Crippen molar-refractivity contribution in [2.24, 2.45) is 0 Å². The molecular weight excluding hydrogens is 432 g/mol. The molecule has 4 rings (SSSR count). The van der Waals surface area contributed by atoms with Crippen LogP contribution in [0.4, 0.5) is 15.3 Å². The van der Waals surface area contributed by atoms with Gasteiger partial charge in [-0.05, 0) is 48.2 Å². The third kappa shape index (κ3) is 4.25. The SMILES string of the molecule is Cc1ccc(NC(=O)NC(=O)CN2C(=O)NC(c3ccccc3)(c3ccccc3)C2=O)cc1C. The third-order valence-electron chi connectivity index (χ3n) is 5.84. The van der Waals surface area contributed by atoms with Crippen LogP contribution < -0.4 is 16.0 Å². The summed E-state index contributed by atoms with van der Waals surface area (Å²) in [5, 5.41) is 7.52. The van der Waals surface area contributed by atoms with Crippen molar-refractivity contribution in [1.82, 2.24) is 15.5 Å². The van der Waals surface area contributed by atoms with Gasteiger partial charge in [-0.1, -0.05) is 66.7 Å². The van der Waals surface area contributed by atoms with E-state index >= 15 is 0 Å². The van der Waals surface area contributed by atoms with Crippen molar-refractivity contribution in [3.05, 3.63) is 101 Å². The average Bonchev–Trinajstić information content (AvgIpc) is 3.08. The lowest BCUT2D eigenvalue weighted by Gasteiger charge is -2.27. The minimum atomic E-state index is -1.47. The fourth-order valence-corrected chi connectivity index (χ4v) is 3.95. The highest BCUT2D eigenvalue weighted by atomic mass is 16.2. The summed E-state index contributed by atoms with van der Waals surface area (Å²) in [5.74, 6) is -1.39. The first-order valence-electron chi connectivity index (χ1n) is 10.7. The molecular formula is C26H24N4O4. The minimum absolute atomic E-state index is 0.524. The van der Waals surface area contributed by atoms with Gasteiger partial charge in [0.15, 0.2) is 5.54 Å². The highest BCUT2D eigenvalue weighted by Crippen LogP contribution is 2.35. The molecule has 1 saturated heterocycles. The summed E-state index contributed by atoms with van der Waals surface area (Å²) in [6.45, 7) is 3.26. The largest absolute Gasteiger partial charge is 0.326 e. The van der Waals surface area contributed by atoms with E-state index in [1.54, 1.807) is 60.7 Å². The van der Waals surface area contributed by atoms with E-state index in [0.29, 0.717) is 16.8 Å². The lowest BCUT2D eigenvalue weighted by molar-refractivity contribution is -0.133. The van der Waals surface area contributed by atoms with E-state index in [1.165, 1.54) is 0 Å². The Bertz CT molecular complexity index is 1220. The summed E-state index contributed by atoms with van der Waals surface area (Å²) in [5.41, 5.74) is 2.24. The summed E-state index contributed by atoms with van der Waals surface area (Å²) < 4.78 is 0. The molecule has 8 heteroatoms. The Hall–Kier alpha value is -4.46. The fourth-order valence-electron chi connectivity index (χ4n) is 3.95. The molecule has 0 spiro atoms. The maximum Gasteiger partial charge on any atom is 0.326 e. The Morgan fingerprint density at radius 2 is 1.44 bits per heavy atom. The molecule has 8 nitrogen and oxygen atoms in total. The van der Waals surface area contributed by atoms with Crippen LogP contribution in [0.3, 0.4) is 0 Å². The van der Waals surface area contributed by atoms with Gasteiger partial charge < -0.3 is 10.6 Å². The van der Waals surface area contributed by atoms with E-state index in [2.05, 4.69) is 16.0 Å². The van der Waals surface area contributed by atoms with Crippen molar-refractivity contribution >= 4 is 29.6 Å². The van der Waals surface area contributed by atoms with Crippen LogP contribution in [0.25, 0.3) is 0 Å². The van der Waals surface area contributed by atoms with Crippen molar-refractivity contribution in [3.63, 3.8) is 0 Å². The van der Waals surface area contributed by atoms with Gasteiger partial charge in [0, 0.05) is 5.69 Å². The fraction of sp³-hybridized carbons (Fsp3) is 0.154. The molecule has 0 aliphatic carbocycles. The number of carbonyl (C=O) groups excluding carboxylic acids is 4. The number of aryl methyl sites for hydroxylation is 2. The molecule has 3 N–H and O–H groups in total. The smallest absolute Gasteiger partial charge is 0.315 e. The lowest BCUT2D eigenvalue weighted by Crippen LogP contribution is -2.47. The maximum absolute atomic E-state index is 13.6. The molecule has 0 unspecified atom stereocenters. The summed E-state index contributed by atoms with van der Waals surface area (Å²) in [6, 6.07) is 21.5. The zero-order valence-corrected chi connectivity index (χ0v) is 18.8. The number of nitrogens with zero attached hydrogens (tertiary/aromatic N) is 1. The maximum atomic E-state index is 13.6. The average molecular weight is 457 g/mol. The molecule has 1 fully saturated rings. The highest BCUT2D eigenvalue weighted by molar-refractivity contribution is 6.12. The van der Waals surface area contributed by atoms with E-state index in [0.717, 1.165) is 16.0 Å². The molecule has 6 amide bonds. The minimum Gasteiger partial charge on any atom is -0.315 e. The molecule has 1 aliphatic heterocycles.